The van der Waals surface area contributed by atoms with Crippen molar-refractivity contribution in [1.82, 2.24) is 10.2 Å². The largest absolute Gasteiger partial charge is 0.481 e. The zero-order valence-electron chi connectivity index (χ0n) is 10.6. The smallest absolute Gasteiger partial charge is 0.315 e. The van der Waals surface area contributed by atoms with Crippen LogP contribution in [0.3, 0.4) is 0 Å². The Morgan fingerprint density at radius 1 is 1.24 bits per heavy atom. The topological polar surface area (TPSA) is 69.6 Å². The Kier molecular flexibility index (Phi) is 5.41. The summed E-state index contributed by atoms with van der Waals surface area (Å²) in [6.07, 6.45) is 3.71. The molecule has 0 saturated carbocycles. The van der Waals surface area contributed by atoms with Gasteiger partial charge in [0.05, 0.1) is 0 Å². The second kappa shape index (κ2) is 6.59. The summed E-state index contributed by atoms with van der Waals surface area (Å²) in [7, 11) is 0. The second-order valence-electron chi connectivity index (χ2n) is 4.83. The van der Waals surface area contributed by atoms with Crippen molar-refractivity contribution in [2.45, 2.75) is 39.2 Å². The van der Waals surface area contributed by atoms with Gasteiger partial charge in [-0.15, -0.1) is 0 Å². The fourth-order valence-corrected chi connectivity index (χ4v) is 2.05. The number of aliphatic carboxylic acids is 1. The van der Waals surface area contributed by atoms with Crippen LogP contribution in [0.15, 0.2) is 0 Å². The van der Waals surface area contributed by atoms with Gasteiger partial charge in [0.2, 0.25) is 5.91 Å². The normalized spacial score (nSPS) is 20.6. The van der Waals surface area contributed by atoms with Crippen LogP contribution in [0.1, 0.15) is 33.1 Å². The molecule has 1 aliphatic heterocycles. The van der Waals surface area contributed by atoms with Crippen LogP contribution in [0.25, 0.3) is 0 Å². The number of carbonyl (C=O) groups is 2. The van der Waals surface area contributed by atoms with Gasteiger partial charge in [-0.3, -0.25) is 9.59 Å². The van der Waals surface area contributed by atoms with E-state index in [4.69, 9.17) is 5.11 Å². The van der Waals surface area contributed by atoms with Gasteiger partial charge in [0.25, 0.3) is 0 Å². The molecule has 5 nitrogen and oxygen atoms in total. The van der Waals surface area contributed by atoms with Gasteiger partial charge < -0.3 is 15.3 Å². The molecule has 2 unspecified atom stereocenters. The second-order valence-corrected chi connectivity index (χ2v) is 4.83. The lowest BCUT2D eigenvalue weighted by Crippen LogP contribution is -2.46. The van der Waals surface area contributed by atoms with Gasteiger partial charge in [0.1, 0.15) is 5.92 Å². The molecule has 2 atom stereocenters. The van der Waals surface area contributed by atoms with E-state index in [0.717, 1.165) is 19.6 Å². The van der Waals surface area contributed by atoms with Crippen LogP contribution in [0.4, 0.5) is 0 Å². The maximum atomic E-state index is 11.5. The van der Waals surface area contributed by atoms with Crippen molar-refractivity contribution in [3.05, 3.63) is 0 Å². The summed E-state index contributed by atoms with van der Waals surface area (Å²) < 4.78 is 0. The highest BCUT2D eigenvalue weighted by molar-refractivity contribution is 5.96. The molecular weight excluding hydrogens is 220 g/mol. The highest BCUT2D eigenvalue weighted by Gasteiger charge is 2.22. The third kappa shape index (κ3) is 4.73. The standard InChI is InChI=1S/C12H22N2O3/c1-9(8-14-6-4-3-5-7-14)13-11(15)10(2)12(16)17/h9-10H,3-8H2,1-2H3,(H,13,15)(H,16,17). The number of carbonyl (C=O) groups excluding carboxylic acids is 1. The summed E-state index contributed by atoms with van der Waals surface area (Å²) in [4.78, 5) is 24.5. The van der Waals surface area contributed by atoms with Crippen LogP contribution in [0, 0.1) is 5.92 Å². The molecule has 2 N–H and O–H groups in total. The van der Waals surface area contributed by atoms with Crippen LogP contribution in [0.5, 0.6) is 0 Å². The Bertz CT molecular complexity index is 275. The van der Waals surface area contributed by atoms with Crippen molar-refractivity contribution in [2.24, 2.45) is 5.92 Å². The number of amides is 1. The van der Waals surface area contributed by atoms with E-state index in [0.29, 0.717) is 0 Å². The number of hydrogen-bond donors (Lipinski definition) is 2. The van der Waals surface area contributed by atoms with Crippen LogP contribution in [-0.2, 0) is 9.59 Å². The Morgan fingerprint density at radius 2 is 1.82 bits per heavy atom. The number of likely N-dealkylation sites (tertiary alicyclic amines) is 1. The molecule has 0 aliphatic carbocycles. The van der Waals surface area contributed by atoms with E-state index in [1.807, 2.05) is 6.92 Å². The summed E-state index contributed by atoms with van der Waals surface area (Å²) in [5.74, 6) is -2.45. The SMILES string of the molecule is CC(CN1CCCCC1)NC(=O)C(C)C(=O)O. The zero-order valence-corrected chi connectivity index (χ0v) is 10.6. The molecule has 0 bridgehead atoms. The highest BCUT2D eigenvalue weighted by atomic mass is 16.4. The van der Waals surface area contributed by atoms with E-state index in [-0.39, 0.29) is 6.04 Å². The quantitative estimate of drug-likeness (QED) is 0.696. The Labute approximate surface area is 102 Å². The van der Waals surface area contributed by atoms with Crippen molar-refractivity contribution in [1.29, 1.82) is 0 Å². The number of piperidine rings is 1. The number of carboxylic acid groups (broad SMARTS) is 1. The molecule has 1 amide bonds. The monoisotopic (exact) mass is 242 g/mol. The summed E-state index contributed by atoms with van der Waals surface area (Å²) >= 11 is 0. The van der Waals surface area contributed by atoms with Crippen molar-refractivity contribution >= 4 is 11.9 Å². The Balaban J connectivity index is 2.30. The van der Waals surface area contributed by atoms with Crippen LogP contribution < -0.4 is 5.32 Å². The van der Waals surface area contributed by atoms with Gasteiger partial charge in [-0.25, -0.2) is 0 Å². The van der Waals surface area contributed by atoms with Gasteiger partial charge in [-0.2, -0.15) is 0 Å². The first kappa shape index (κ1) is 14.0. The maximum Gasteiger partial charge on any atom is 0.315 e. The predicted molar refractivity (Wildman–Crippen MR) is 64.7 cm³/mol. The molecule has 1 saturated heterocycles. The van der Waals surface area contributed by atoms with E-state index in [9.17, 15) is 9.59 Å². The average Bonchev–Trinajstić information content (AvgIpc) is 2.28. The molecule has 98 valence electrons. The number of rotatable bonds is 5. The molecule has 1 aliphatic rings. The molecular formula is C12H22N2O3. The average molecular weight is 242 g/mol. The Morgan fingerprint density at radius 3 is 2.35 bits per heavy atom. The van der Waals surface area contributed by atoms with Gasteiger partial charge in [-0.1, -0.05) is 6.42 Å². The minimum atomic E-state index is -1.08. The summed E-state index contributed by atoms with van der Waals surface area (Å²) in [5, 5.41) is 11.5. The molecule has 0 aromatic rings. The summed E-state index contributed by atoms with van der Waals surface area (Å²) in [6, 6.07) is 0.00222. The van der Waals surface area contributed by atoms with Gasteiger partial charge in [-0.05, 0) is 39.8 Å². The molecule has 1 fully saturated rings. The molecule has 0 aromatic heterocycles. The predicted octanol–water partition coefficient (Wildman–Crippen LogP) is 0.698. The van der Waals surface area contributed by atoms with Gasteiger partial charge >= 0.3 is 5.97 Å². The summed E-state index contributed by atoms with van der Waals surface area (Å²) in [5.41, 5.74) is 0. The minimum absolute atomic E-state index is 0.00222. The van der Waals surface area contributed by atoms with Crippen molar-refractivity contribution in [2.75, 3.05) is 19.6 Å². The van der Waals surface area contributed by atoms with Crippen LogP contribution in [0.2, 0.25) is 0 Å². The number of carboxylic acids is 1. The molecule has 5 heteroatoms. The first-order valence-corrected chi connectivity index (χ1v) is 6.26. The third-order valence-corrected chi connectivity index (χ3v) is 3.13. The lowest BCUT2D eigenvalue weighted by Gasteiger charge is -2.29. The maximum absolute atomic E-state index is 11.5. The van der Waals surface area contributed by atoms with E-state index >= 15 is 0 Å². The highest BCUT2D eigenvalue weighted by Crippen LogP contribution is 2.09. The molecule has 1 heterocycles. The first-order chi connectivity index (χ1) is 8.00. The fraction of sp³-hybridized carbons (Fsp3) is 0.833. The van der Waals surface area contributed by atoms with Crippen LogP contribution in [-0.4, -0.2) is 47.6 Å². The molecule has 0 spiro atoms. The Hall–Kier alpha value is -1.10. The van der Waals surface area contributed by atoms with Crippen molar-refractivity contribution in [3.63, 3.8) is 0 Å². The molecule has 17 heavy (non-hydrogen) atoms. The van der Waals surface area contributed by atoms with Crippen molar-refractivity contribution < 1.29 is 14.7 Å². The first-order valence-electron chi connectivity index (χ1n) is 6.26. The molecule has 1 rings (SSSR count). The zero-order chi connectivity index (χ0) is 12.8. The lowest BCUT2D eigenvalue weighted by atomic mass is 10.1. The van der Waals surface area contributed by atoms with Crippen LogP contribution >= 0.6 is 0 Å². The number of nitrogens with zero attached hydrogens (tertiary/aromatic N) is 1. The summed E-state index contributed by atoms with van der Waals surface area (Å²) in [6.45, 7) is 6.29. The number of nitrogens with one attached hydrogen (secondary N) is 1. The van der Waals surface area contributed by atoms with E-state index < -0.39 is 17.8 Å². The molecule has 0 aromatic carbocycles. The number of hydrogen-bond acceptors (Lipinski definition) is 3. The van der Waals surface area contributed by atoms with E-state index in [1.165, 1.54) is 26.2 Å². The van der Waals surface area contributed by atoms with Gasteiger partial charge in [0, 0.05) is 12.6 Å². The minimum Gasteiger partial charge on any atom is -0.481 e. The third-order valence-electron chi connectivity index (χ3n) is 3.13. The van der Waals surface area contributed by atoms with Gasteiger partial charge in [0.15, 0.2) is 0 Å². The van der Waals surface area contributed by atoms with Crippen molar-refractivity contribution in [3.8, 4) is 0 Å². The van der Waals surface area contributed by atoms with E-state index in [2.05, 4.69) is 10.2 Å². The molecule has 0 radical (unpaired) electrons. The van der Waals surface area contributed by atoms with E-state index in [1.54, 1.807) is 0 Å². The lowest BCUT2D eigenvalue weighted by molar-refractivity contribution is -0.146. The fourth-order valence-electron chi connectivity index (χ4n) is 2.05.